The van der Waals surface area contributed by atoms with Gasteiger partial charge in [0.05, 0.1) is 6.10 Å². The minimum Gasteiger partial charge on any atom is -0.378 e. The van der Waals surface area contributed by atoms with Crippen molar-refractivity contribution in [2.24, 2.45) is 11.8 Å². The molecule has 0 radical (unpaired) electrons. The zero-order valence-electron chi connectivity index (χ0n) is 11.6. The third-order valence-corrected chi connectivity index (χ3v) is 4.74. The highest BCUT2D eigenvalue weighted by Crippen LogP contribution is 2.32. The van der Waals surface area contributed by atoms with E-state index in [0.717, 1.165) is 24.5 Å². The normalized spacial score (nSPS) is 38.5. The lowest BCUT2D eigenvalue weighted by molar-refractivity contribution is 0.0980. The van der Waals surface area contributed by atoms with E-state index in [0.29, 0.717) is 6.10 Å². The van der Waals surface area contributed by atoms with Crippen molar-refractivity contribution in [1.29, 1.82) is 0 Å². The molecule has 0 aromatic heterocycles. The van der Waals surface area contributed by atoms with Crippen LogP contribution in [0.4, 0.5) is 0 Å². The zero-order chi connectivity index (χ0) is 12.1. The summed E-state index contributed by atoms with van der Waals surface area (Å²) in [7, 11) is 2.13. The number of hydrogen-bond donors (Lipinski definition) is 1. The maximum atomic E-state index is 5.70. The van der Waals surface area contributed by atoms with Gasteiger partial charge in [-0.1, -0.05) is 13.3 Å². The zero-order valence-corrected chi connectivity index (χ0v) is 11.6. The average molecular weight is 239 g/mol. The first kappa shape index (κ1) is 13.4. The highest BCUT2D eigenvalue weighted by atomic mass is 16.5. The summed E-state index contributed by atoms with van der Waals surface area (Å²) in [6, 6.07) is 0.774. The predicted molar refractivity (Wildman–Crippen MR) is 72.2 cm³/mol. The van der Waals surface area contributed by atoms with Crippen LogP contribution in [0.1, 0.15) is 58.3 Å². The third kappa shape index (κ3) is 3.96. The van der Waals surface area contributed by atoms with Crippen molar-refractivity contribution in [2.75, 3.05) is 13.7 Å². The van der Waals surface area contributed by atoms with Crippen LogP contribution in [0.2, 0.25) is 0 Å². The lowest BCUT2D eigenvalue weighted by atomic mass is 9.76. The minimum atomic E-state index is 0.587. The Morgan fingerprint density at radius 2 is 2.06 bits per heavy atom. The van der Waals surface area contributed by atoms with E-state index in [-0.39, 0.29) is 0 Å². The predicted octanol–water partition coefficient (Wildman–Crippen LogP) is 3.36. The van der Waals surface area contributed by atoms with Crippen LogP contribution in [0.5, 0.6) is 0 Å². The van der Waals surface area contributed by atoms with Gasteiger partial charge in [0.25, 0.3) is 0 Å². The molecule has 1 aliphatic heterocycles. The summed E-state index contributed by atoms with van der Waals surface area (Å²) >= 11 is 0. The number of hydrogen-bond acceptors (Lipinski definition) is 2. The lowest BCUT2D eigenvalue weighted by Gasteiger charge is -2.35. The van der Waals surface area contributed by atoms with Gasteiger partial charge in [-0.25, -0.2) is 0 Å². The molecule has 100 valence electrons. The highest BCUT2D eigenvalue weighted by molar-refractivity contribution is 4.82. The smallest absolute Gasteiger partial charge is 0.0576 e. The Morgan fingerprint density at radius 3 is 2.76 bits per heavy atom. The number of rotatable bonds is 5. The van der Waals surface area contributed by atoms with E-state index < -0.39 is 0 Å². The van der Waals surface area contributed by atoms with Crippen LogP contribution in [0.15, 0.2) is 0 Å². The Balaban J connectivity index is 1.68. The molecule has 1 saturated heterocycles. The molecule has 1 saturated carbocycles. The fourth-order valence-corrected chi connectivity index (χ4v) is 3.68. The van der Waals surface area contributed by atoms with Crippen LogP contribution in [0.25, 0.3) is 0 Å². The SMILES string of the molecule is CNC1CCC(C)CC1CCCC1CCCO1. The standard InChI is InChI=1S/C15H29NO/c1-12-8-9-15(16-2)13(11-12)5-3-6-14-7-4-10-17-14/h12-16H,3-11H2,1-2H3. The molecular weight excluding hydrogens is 210 g/mol. The van der Waals surface area contributed by atoms with Crippen LogP contribution < -0.4 is 5.32 Å². The van der Waals surface area contributed by atoms with E-state index >= 15 is 0 Å². The van der Waals surface area contributed by atoms with Gasteiger partial charge in [0.15, 0.2) is 0 Å². The summed E-state index contributed by atoms with van der Waals surface area (Å²) in [4.78, 5) is 0. The van der Waals surface area contributed by atoms with Gasteiger partial charge in [0, 0.05) is 12.6 Å². The van der Waals surface area contributed by atoms with Crippen molar-refractivity contribution in [1.82, 2.24) is 5.32 Å². The molecular formula is C15H29NO. The van der Waals surface area contributed by atoms with Gasteiger partial charge >= 0.3 is 0 Å². The number of nitrogens with one attached hydrogen (secondary N) is 1. The Morgan fingerprint density at radius 1 is 1.18 bits per heavy atom. The van der Waals surface area contributed by atoms with Crippen LogP contribution >= 0.6 is 0 Å². The first-order valence-corrected chi connectivity index (χ1v) is 7.58. The molecule has 0 aromatic rings. The molecule has 0 amide bonds. The highest BCUT2D eigenvalue weighted by Gasteiger charge is 2.27. The topological polar surface area (TPSA) is 21.3 Å². The van der Waals surface area contributed by atoms with Crippen LogP contribution in [-0.2, 0) is 4.74 Å². The minimum absolute atomic E-state index is 0.587. The van der Waals surface area contributed by atoms with Gasteiger partial charge in [0.2, 0.25) is 0 Å². The van der Waals surface area contributed by atoms with Crippen molar-refractivity contribution < 1.29 is 4.74 Å². The molecule has 2 aliphatic rings. The second-order valence-electron chi connectivity index (χ2n) is 6.14. The molecule has 1 N–H and O–H groups in total. The molecule has 0 bridgehead atoms. The molecule has 2 heteroatoms. The molecule has 1 aliphatic carbocycles. The van der Waals surface area contributed by atoms with Crippen LogP contribution in [0, 0.1) is 11.8 Å². The summed E-state index contributed by atoms with van der Waals surface area (Å²) < 4.78 is 5.70. The third-order valence-electron chi connectivity index (χ3n) is 4.74. The Kier molecular flexibility index (Phi) is 5.30. The molecule has 4 unspecified atom stereocenters. The van der Waals surface area contributed by atoms with Gasteiger partial charge in [-0.05, 0) is 63.8 Å². The van der Waals surface area contributed by atoms with Crippen LogP contribution in [-0.4, -0.2) is 25.8 Å². The van der Waals surface area contributed by atoms with Crippen molar-refractivity contribution >= 4 is 0 Å². The molecule has 4 atom stereocenters. The van der Waals surface area contributed by atoms with Crippen molar-refractivity contribution in [2.45, 2.75) is 70.4 Å². The Labute approximate surface area is 107 Å². The maximum Gasteiger partial charge on any atom is 0.0576 e. The summed E-state index contributed by atoms with van der Waals surface area (Å²) in [5, 5.41) is 3.52. The average Bonchev–Trinajstić information content (AvgIpc) is 2.82. The summed E-state index contributed by atoms with van der Waals surface area (Å²) in [5.74, 6) is 1.84. The quantitative estimate of drug-likeness (QED) is 0.794. The van der Waals surface area contributed by atoms with Crippen molar-refractivity contribution in [3.05, 3.63) is 0 Å². The fraction of sp³-hybridized carbons (Fsp3) is 1.00. The molecule has 1 heterocycles. The molecule has 0 spiro atoms. The van der Waals surface area contributed by atoms with E-state index in [2.05, 4.69) is 19.3 Å². The van der Waals surface area contributed by atoms with Gasteiger partial charge in [-0.3, -0.25) is 0 Å². The fourth-order valence-electron chi connectivity index (χ4n) is 3.68. The first-order valence-electron chi connectivity index (χ1n) is 7.58. The largest absolute Gasteiger partial charge is 0.378 e. The van der Waals surface area contributed by atoms with Gasteiger partial charge in [-0.2, -0.15) is 0 Å². The van der Waals surface area contributed by atoms with Crippen LogP contribution in [0.3, 0.4) is 0 Å². The molecule has 2 nitrogen and oxygen atoms in total. The number of ether oxygens (including phenoxy) is 1. The first-order chi connectivity index (χ1) is 8.29. The summed E-state index contributed by atoms with van der Waals surface area (Å²) in [5.41, 5.74) is 0. The van der Waals surface area contributed by atoms with E-state index in [1.807, 2.05) is 0 Å². The van der Waals surface area contributed by atoms with Crippen molar-refractivity contribution in [3.63, 3.8) is 0 Å². The second-order valence-corrected chi connectivity index (χ2v) is 6.14. The van der Waals surface area contributed by atoms with E-state index in [9.17, 15) is 0 Å². The van der Waals surface area contributed by atoms with E-state index in [1.54, 1.807) is 0 Å². The molecule has 2 rings (SSSR count). The Hall–Kier alpha value is -0.0800. The van der Waals surface area contributed by atoms with Crippen molar-refractivity contribution in [3.8, 4) is 0 Å². The van der Waals surface area contributed by atoms with E-state index in [4.69, 9.17) is 4.74 Å². The Bertz CT molecular complexity index is 213. The van der Waals surface area contributed by atoms with Gasteiger partial charge in [-0.15, -0.1) is 0 Å². The second kappa shape index (κ2) is 6.75. The monoisotopic (exact) mass is 239 g/mol. The van der Waals surface area contributed by atoms with Gasteiger partial charge < -0.3 is 10.1 Å². The van der Waals surface area contributed by atoms with Gasteiger partial charge in [0.1, 0.15) is 0 Å². The maximum absolute atomic E-state index is 5.70. The molecule has 17 heavy (non-hydrogen) atoms. The molecule has 2 fully saturated rings. The summed E-state index contributed by atoms with van der Waals surface area (Å²) in [6.07, 6.45) is 11.4. The molecule has 0 aromatic carbocycles. The van der Waals surface area contributed by atoms with E-state index in [1.165, 1.54) is 51.4 Å². The lowest BCUT2D eigenvalue weighted by Crippen LogP contribution is -2.38. The summed E-state index contributed by atoms with van der Waals surface area (Å²) in [6.45, 7) is 3.42.